The number of benzene rings is 1. The highest BCUT2D eigenvalue weighted by Gasteiger charge is 2.28. The summed E-state index contributed by atoms with van der Waals surface area (Å²) in [5.41, 5.74) is 8.01. The summed E-state index contributed by atoms with van der Waals surface area (Å²) in [6.07, 6.45) is 5.72. The topological polar surface area (TPSA) is 145 Å². The van der Waals surface area contributed by atoms with Crippen LogP contribution in [0.5, 0.6) is 0 Å². The van der Waals surface area contributed by atoms with E-state index in [0.29, 0.717) is 48.3 Å². The van der Waals surface area contributed by atoms with E-state index in [1.54, 1.807) is 18.2 Å². The number of nitrogens with zero attached hydrogens (tertiary/aromatic N) is 3. The predicted octanol–water partition coefficient (Wildman–Crippen LogP) is 2.79. The number of carbonyl (C=O) groups excluding carboxylic acids is 1. The van der Waals surface area contributed by atoms with E-state index in [4.69, 9.17) is 11.1 Å². The second-order valence-electron chi connectivity index (χ2n) is 8.87. The van der Waals surface area contributed by atoms with Crippen LogP contribution < -0.4 is 16.0 Å². The largest absolute Gasteiger partial charge is 0.481 e. The maximum absolute atomic E-state index is 13.4. The molecular formula is C24H30N6O3. The van der Waals surface area contributed by atoms with Crippen LogP contribution in [0.25, 0.3) is 11.3 Å². The molecule has 33 heavy (non-hydrogen) atoms. The van der Waals surface area contributed by atoms with Crippen molar-refractivity contribution < 1.29 is 14.7 Å². The summed E-state index contributed by atoms with van der Waals surface area (Å²) in [4.78, 5) is 26.7. The van der Waals surface area contributed by atoms with Gasteiger partial charge in [-0.2, -0.15) is 0 Å². The van der Waals surface area contributed by atoms with Gasteiger partial charge in [-0.25, -0.2) is 0 Å². The molecule has 9 nitrogen and oxygen atoms in total. The average molecular weight is 451 g/mol. The molecule has 1 amide bonds. The number of amidine groups is 1. The Kier molecular flexibility index (Phi) is 6.86. The van der Waals surface area contributed by atoms with Gasteiger partial charge in [0, 0.05) is 30.3 Å². The number of piperidine rings is 1. The van der Waals surface area contributed by atoms with Crippen molar-refractivity contribution in [2.75, 3.05) is 18.0 Å². The van der Waals surface area contributed by atoms with Crippen LogP contribution in [-0.2, 0) is 4.79 Å². The average Bonchev–Trinajstić information content (AvgIpc) is 2.84. The van der Waals surface area contributed by atoms with Crippen LogP contribution >= 0.6 is 0 Å². The minimum absolute atomic E-state index is 0.00855. The summed E-state index contributed by atoms with van der Waals surface area (Å²) >= 11 is 0. The van der Waals surface area contributed by atoms with Crippen molar-refractivity contribution in [1.29, 1.82) is 5.41 Å². The number of aromatic nitrogens is 2. The Morgan fingerprint density at radius 2 is 1.70 bits per heavy atom. The lowest BCUT2D eigenvalue weighted by Crippen LogP contribution is -2.40. The Balaban J connectivity index is 1.59. The molecule has 2 fully saturated rings. The Morgan fingerprint density at radius 3 is 2.30 bits per heavy atom. The molecule has 5 N–H and O–H groups in total. The lowest BCUT2D eigenvalue weighted by molar-refractivity contribution is -0.142. The van der Waals surface area contributed by atoms with Crippen LogP contribution in [-0.4, -0.2) is 52.1 Å². The lowest BCUT2D eigenvalue weighted by Gasteiger charge is -2.30. The lowest BCUT2D eigenvalue weighted by atomic mass is 9.86. The first-order valence-electron chi connectivity index (χ1n) is 11.5. The van der Waals surface area contributed by atoms with Gasteiger partial charge in [0.25, 0.3) is 5.91 Å². The Morgan fingerprint density at radius 1 is 1.03 bits per heavy atom. The quantitative estimate of drug-likeness (QED) is 0.391. The summed E-state index contributed by atoms with van der Waals surface area (Å²) < 4.78 is 0. The van der Waals surface area contributed by atoms with Gasteiger partial charge in [0.05, 0.1) is 17.2 Å². The molecule has 2 aliphatic rings. The van der Waals surface area contributed by atoms with E-state index in [2.05, 4.69) is 20.4 Å². The smallest absolute Gasteiger partial charge is 0.306 e. The zero-order valence-corrected chi connectivity index (χ0v) is 18.6. The number of nitrogens with two attached hydrogens (primary N) is 1. The molecule has 1 aliphatic carbocycles. The fourth-order valence-corrected chi connectivity index (χ4v) is 4.60. The van der Waals surface area contributed by atoms with Gasteiger partial charge in [-0.3, -0.25) is 15.0 Å². The van der Waals surface area contributed by atoms with Crippen LogP contribution in [0.15, 0.2) is 30.3 Å². The summed E-state index contributed by atoms with van der Waals surface area (Å²) in [7, 11) is 0. The normalized spacial score (nSPS) is 20.8. The first-order valence-corrected chi connectivity index (χ1v) is 11.5. The highest BCUT2D eigenvalue weighted by molar-refractivity contribution is 6.00. The SMILES string of the molecule is N=C(N)c1ccc(-c2cc(C(=O)N[C@H]3CC[C@H](C(=O)O)CC3)c(N3CCCCC3)nn2)cc1. The molecule has 2 aromatic rings. The third-order valence-electron chi connectivity index (χ3n) is 6.58. The fourth-order valence-electron chi connectivity index (χ4n) is 4.60. The van der Waals surface area contributed by atoms with Gasteiger partial charge in [0.15, 0.2) is 5.82 Å². The summed E-state index contributed by atoms with van der Waals surface area (Å²) in [6.45, 7) is 1.68. The molecule has 1 aromatic carbocycles. The number of hydrogen-bond donors (Lipinski definition) is 4. The number of carboxylic acid groups (broad SMARTS) is 1. The van der Waals surface area contributed by atoms with E-state index in [9.17, 15) is 14.7 Å². The van der Waals surface area contributed by atoms with Crippen molar-refractivity contribution in [2.24, 2.45) is 11.7 Å². The number of carboxylic acids is 1. The Labute approximate surface area is 192 Å². The van der Waals surface area contributed by atoms with Gasteiger partial charge >= 0.3 is 5.97 Å². The molecule has 1 saturated heterocycles. The Hall–Kier alpha value is -3.49. The number of nitrogen functional groups attached to an aromatic ring is 1. The molecule has 0 spiro atoms. The predicted molar refractivity (Wildman–Crippen MR) is 125 cm³/mol. The third kappa shape index (κ3) is 5.30. The second kappa shape index (κ2) is 9.97. The number of hydrogen-bond acceptors (Lipinski definition) is 6. The zero-order valence-electron chi connectivity index (χ0n) is 18.6. The fraction of sp³-hybridized carbons (Fsp3) is 0.458. The first-order chi connectivity index (χ1) is 15.9. The molecule has 1 aromatic heterocycles. The minimum Gasteiger partial charge on any atom is -0.481 e. The maximum atomic E-state index is 13.4. The Bertz CT molecular complexity index is 1020. The molecule has 174 valence electrons. The van der Waals surface area contributed by atoms with Crippen molar-refractivity contribution in [3.63, 3.8) is 0 Å². The molecule has 2 heterocycles. The third-order valence-corrected chi connectivity index (χ3v) is 6.58. The van der Waals surface area contributed by atoms with E-state index in [1.165, 1.54) is 6.42 Å². The highest BCUT2D eigenvalue weighted by atomic mass is 16.4. The van der Waals surface area contributed by atoms with Crippen molar-refractivity contribution in [1.82, 2.24) is 15.5 Å². The molecular weight excluding hydrogens is 420 g/mol. The number of nitrogens with one attached hydrogen (secondary N) is 2. The van der Waals surface area contributed by atoms with Crippen molar-refractivity contribution in [3.8, 4) is 11.3 Å². The summed E-state index contributed by atoms with van der Waals surface area (Å²) in [5.74, 6) is -0.702. The van der Waals surface area contributed by atoms with Crippen LogP contribution in [0, 0.1) is 11.3 Å². The second-order valence-corrected chi connectivity index (χ2v) is 8.87. The number of carbonyl (C=O) groups is 2. The summed E-state index contributed by atoms with van der Waals surface area (Å²) in [5, 5.41) is 28.7. The van der Waals surface area contributed by atoms with Crippen LogP contribution in [0.4, 0.5) is 5.82 Å². The molecule has 0 radical (unpaired) electrons. The zero-order chi connectivity index (χ0) is 23.4. The van der Waals surface area contributed by atoms with E-state index in [0.717, 1.165) is 31.5 Å². The van der Waals surface area contributed by atoms with E-state index < -0.39 is 5.97 Å². The molecule has 0 atom stereocenters. The van der Waals surface area contributed by atoms with Crippen molar-refractivity contribution >= 4 is 23.5 Å². The van der Waals surface area contributed by atoms with E-state index >= 15 is 0 Å². The number of rotatable bonds is 6. The monoisotopic (exact) mass is 450 g/mol. The standard InChI is InChI=1S/C24H30N6O3/c25-21(26)16-6-4-15(5-7-16)20-14-19(22(29-28-20)30-12-2-1-3-13-30)23(31)27-18-10-8-17(9-11-18)24(32)33/h4-7,14,17-18H,1-3,8-13H2,(H3,25,26)(H,27,31)(H,32,33)/t17-,18-. The van der Waals surface area contributed by atoms with E-state index in [1.807, 2.05) is 12.1 Å². The molecule has 1 aliphatic heterocycles. The maximum Gasteiger partial charge on any atom is 0.306 e. The highest BCUT2D eigenvalue weighted by Crippen LogP contribution is 2.28. The molecule has 1 saturated carbocycles. The first kappa shape index (κ1) is 22.7. The van der Waals surface area contributed by atoms with E-state index in [-0.39, 0.29) is 23.7 Å². The van der Waals surface area contributed by atoms with Gasteiger partial charge in [0.2, 0.25) is 0 Å². The van der Waals surface area contributed by atoms with Gasteiger partial charge < -0.3 is 21.1 Å². The van der Waals surface area contributed by atoms with Gasteiger partial charge in [-0.05, 0) is 51.0 Å². The minimum atomic E-state index is -0.758. The summed E-state index contributed by atoms with van der Waals surface area (Å²) in [6, 6.07) is 8.86. The number of amides is 1. The van der Waals surface area contributed by atoms with Gasteiger partial charge in [-0.15, -0.1) is 10.2 Å². The van der Waals surface area contributed by atoms with Crippen LogP contribution in [0.1, 0.15) is 60.9 Å². The van der Waals surface area contributed by atoms with Crippen molar-refractivity contribution in [3.05, 3.63) is 41.5 Å². The van der Waals surface area contributed by atoms with Gasteiger partial charge in [-0.1, -0.05) is 24.3 Å². The number of anilines is 1. The molecule has 9 heteroatoms. The van der Waals surface area contributed by atoms with Crippen molar-refractivity contribution in [2.45, 2.75) is 51.0 Å². The number of aliphatic carboxylic acids is 1. The van der Waals surface area contributed by atoms with Gasteiger partial charge in [0.1, 0.15) is 5.84 Å². The van der Waals surface area contributed by atoms with Crippen LogP contribution in [0.2, 0.25) is 0 Å². The molecule has 0 bridgehead atoms. The molecule has 0 unspecified atom stereocenters. The van der Waals surface area contributed by atoms with Crippen LogP contribution in [0.3, 0.4) is 0 Å². The molecule has 4 rings (SSSR count).